The van der Waals surface area contributed by atoms with Gasteiger partial charge < -0.3 is 9.80 Å². The maximum absolute atomic E-state index is 13.2. The molecule has 1 fully saturated rings. The highest BCUT2D eigenvalue weighted by atomic mass is 35.5. The summed E-state index contributed by atoms with van der Waals surface area (Å²) in [6.45, 7) is 0.603. The number of pyridine rings is 1. The summed E-state index contributed by atoms with van der Waals surface area (Å²) in [5.74, 6) is -0.854. The molecule has 0 N–H and O–H groups in total. The molecule has 0 spiro atoms. The third-order valence-electron chi connectivity index (χ3n) is 4.15. The topological polar surface area (TPSA) is 36.4 Å². The maximum Gasteiger partial charge on any atom is 0.256 e. The lowest BCUT2D eigenvalue weighted by Gasteiger charge is -2.49. The van der Waals surface area contributed by atoms with Crippen LogP contribution < -0.4 is 0 Å². The molecule has 0 atom stereocenters. The highest BCUT2D eigenvalue weighted by Gasteiger charge is 2.40. The van der Waals surface area contributed by atoms with Crippen molar-refractivity contribution in [1.29, 1.82) is 0 Å². The van der Waals surface area contributed by atoms with Crippen LogP contribution in [0.15, 0.2) is 12.3 Å². The van der Waals surface area contributed by atoms with Crippen LogP contribution in [0.2, 0.25) is 5.15 Å². The minimum atomic E-state index is -0.558. The standard InChI is InChI=1S/C14H19ClFN3O/c1-18(2)14(5-4-6-14)9-19(3)13(20)11-7-10(16)8-17-12(11)15/h7-8H,4-6,9H2,1-3H3. The molecular formula is C14H19ClFN3O. The molecule has 0 bridgehead atoms. The number of hydrogen-bond acceptors (Lipinski definition) is 3. The summed E-state index contributed by atoms with van der Waals surface area (Å²) in [5, 5.41) is 0.0377. The van der Waals surface area contributed by atoms with Crippen molar-refractivity contribution in [3.05, 3.63) is 28.8 Å². The first-order valence-corrected chi connectivity index (χ1v) is 6.97. The predicted octanol–water partition coefficient (Wildman–Crippen LogP) is 2.43. The second-order valence-electron chi connectivity index (χ2n) is 5.63. The highest BCUT2D eigenvalue weighted by molar-refractivity contribution is 6.32. The van der Waals surface area contributed by atoms with Gasteiger partial charge in [0.15, 0.2) is 0 Å². The van der Waals surface area contributed by atoms with E-state index in [1.54, 1.807) is 11.9 Å². The van der Waals surface area contributed by atoms with E-state index in [4.69, 9.17) is 11.6 Å². The van der Waals surface area contributed by atoms with Gasteiger partial charge >= 0.3 is 0 Å². The minimum Gasteiger partial charge on any atom is -0.340 e. The largest absolute Gasteiger partial charge is 0.340 e. The molecule has 1 heterocycles. The number of carbonyl (C=O) groups is 1. The van der Waals surface area contributed by atoms with Crippen LogP contribution in [-0.4, -0.2) is 53.9 Å². The van der Waals surface area contributed by atoms with Crippen molar-refractivity contribution >= 4 is 17.5 Å². The molecule has 1 saturated carbocycles. The number of aromatic nitrogens is 1. The van der Waals surface area contributed by atoms with E-state index in [0.29, 0.717) is 6.54 Å². The van der Waals surface area contributed by atoms with E-state index in [1.165, 1.54) is 6.42 Å². The lowest BCUT2D eigenvalue weighted by molar-refractivity contribution is 0.0252. The lowest BCUT2D eigenvalue weighted by Crippen LogP contribution is -2.57. The van der Waals surface area contributed by atoms with Crippen LogP contribution in [0, 0.1) is 5.82 Å². The van der Waals surface area contributed by atoms with Gasteiger partial charge in [-0.2, -0.15) is 0 Å². The van der Waals surface area contributed by atoms with E-state index in [-0.39, 0.29) is 22.2 Å². The van der Waals surface area contributed by atoms with Gasteiger partial charge in [0.25, 0.3) is 5.91 Å². The van der Waals surface area contributed by atoms with Crippen LogP contribution in [0.4, 0.5) is 4.39 Å². The Balaban J connectivity index is 2.14. The summed E-state index contributed by atoms with van der Waals surface area (Å²) in [6.07, 6.45) is 4.30. The van der Waals surface area contributed by atoms with Gasteiger partial charge in [-0.05, 0) is 39.4 Å². The third kappa shape index (κ3) is 2.79. The molecule has 4 nitrogen and oxygen atoms in total. The van der Waals surface area contributed by atoms with Crippen LogP contribution in [0.1, 0.15) is 29.6 Å². The Bertz CT molecular complexity index is 517. The maximum atomic E-state index is 13.2. The first-order valence-electron chi connectivity index (χ1n) is 6.60. The second-order valence-corrected chi connectivity index (χ2v) is 5.98. The van der Waals surface area contributed by atoms with Crippen LogP contribution >= 0.6 is 11.6 Å². The predicted molar refractivity (Wildman–Crippen MR) is 76.4 cm³/mol. The normalized spacial score (nSPS) is 16.9. The molecule has 110 valence electrons. The third-order valence-corrected chi connectivity index (χ3v) is 4.45. The van der Waals surface area contributed by atoms with Gasteiger partial charge in [0, 0.05) is 19.1 Å². The molecule has 0 aromatic carbocycles. The van der Waals surface area contributed by atoms with E-state index in [0.717, 1.165) is 25.1 Å². The smallest absolute Gasteiger partial charge is 0.256 e. The van der Waals surface area contributed by atoms with E-state index in [1.807, 2.05) is 14.1 Å². The van der Waals surface area contributed by atoms with Crippen molar-refractivity contribution < 1.29 is 9.18 Å². The summed E-state index contributed by atoms with van der Waals surface area (Å²) >= 11 is 5.88. The Morgan fingerprint density at radius 1 is 1.45 bits per heavy atom. The first-order chi connectivity index (χ1) is 9.35. The number of amides is 1. The summed E-state index contributed by atoms with van der Waals surface area (Å²) in [5.41, 5.74) is 0.139. The monoisotopic (exact) mass is 299 g/mol. The molecule has 0 saturated heterocycles. The van der Waals surface area contributed by atoms with E-state index in [9.17, 15) is 9.18 Å². The zero-order valence-electron chi connectivity index (χ0n) is 12.0. The summed E-state index contributed by atoms with van der Waals surface area (Å²) in [4.78, 5) is 19.8. The Labute approximate surface area is 123 Å². The van der Waals surface area contributed by atoms with E-state index in [2.05, 4.69) is 9.88 Å². The summed E-state index contributed by atoms with van der Waals surface area (Å²) in [7, 11) is 5.76. The fourth-order valence-electron chi connectivity index (χ4n) is 2.62. The minimum absolute atomic E-state index is 0.0254. The van der Waals surface area contributed by atoms with Crippen LogP contribution in [0.25, 0.3) is 0 Å². The molecule has 0 aliphatic heterocycles. The molecule has 1 aliphatic rings. The molecular weight excluding hydrogens is 281 g/mol. The van der Waals surface area contributed by atoms with Gasteiger partial charge in [-0.15, -0.1) is 0 Å². The van der Waals surface area contributed by atoms with Crippen LogP contribution in [0.3, 0.4) is 0 Å². The van der Waals surface area contributed by atoms with Crippen molar-refractivity contribution in [3.8, 4) is 0 Å². The van der Waals surface area contributed by atoms with E-state index >= 15 is 0 Å². The summed E-state index contributed by atoms with van der Waals surface area (Å²) < 4.78 is 13.2. The van der Waals surface area contributed by atoms with Gasteiger partial charge in [-0.1, -0.05) is 11.6 Å². The Kier molecular flexibility index (Phi) is 4.30. The fraction of sp³-hybridized carbons (Fsp3) is 0.571. The van der Waals surface area contributed by atoms with Crippen LogP contribution in [-0.2, 0) is 0 Å². The second kappa shape index (κ2) is 5.66. The average Bonchev–Trinajstić information content (AvgIpc) is 2.35. The van der Waals surface area contributed by atoms with Crippen molar-refractivity contribution in [2.45, 2.75) is 24.8 Å². The van der Waals surface area contributed by atoms with E-state index < -0.39 is 5.82 Å². The Hall–Kier alpha value is -1.20. The van der Waals surface area contributed by atoms with Crippen molar-refractivity contribution in [3.63, 3.8) is 0 Å². The molecule has 2 rings (SSSR count). The van der Waals surface area contributed by atoms with Crippen molar-refractivity contribution in [2.24, 2.45) is 0 Å². The van der Waals surface area contributed by atoms with Crippen molar-refractivity contribution in [1.82, 2.24) is 14.8 Å². The first kappa shape index (κ1) is 15.2. The van der Waals surface area contributed by atoms with Gasteiger partial charge in [0.05, 0.1) is 11.8 Å². The lowest BCUT2D eigenvalue weighted by atomic mass is 9.75. The number of carbonyl (C=O) groups excluding carboxylic acids is 1. The van der Waals surface area contributed by atoms with Crippen molar-refractivity contribution in [2.75, 3.05) is 27.7 Å². The molecule has 0 unspecified atom stereocenters. The summed E-state index contributed by atoms with van der Waals surface area (Å²) in [6, 6.07) is 1.14. The molecule has 1 aromatic heterocycles. The zero-order chi connectivity index (χ0) is 14.9. The highest BCUT2D eigenvalue weighted by Crippen LogP contribution is 2.36. The van der Waals surface area contributed by atoms with Crippen LogP contribution in [0.5, 0.6) is 0 Å². The van der Waals surface area contributed by atoms with Gasteiger partial charge in [0.1, 0.15) is 11.0 Å². The fourth-order valence-corrected chi connectivity index (χ4v) is 2.81. The quantitative estimate of drug-likeness (QED) is 0.801. The van der Waals surface area contributed by atoms with Gasteiger partial charge in [-0.3, -0.25) is 4.79 Å². The molecule has 6 heteroatoms. The number of halogens is 2. The number of nitrogens with zero attached hydrogens (tertiary/aromatic N) is 3. The Morgan fingerprint density at radius 2 is 2.10 bits per heavy atom. The molecule has 1 aromatic rings. The Morgan fingerprint density at radius 3 is 2.60 bits per heavy atom. The number of hydrogen-bond donors (Lipinski definition) is 0. The van der Waals surface area contributed by atoms with Gasteiger partial charge in [0.2, 0.25) is 0 Å². The molecule has 0 radical (unpaired) electrons. The average molecular weight is 300 g/mol. The zero-order valence-corrected chi connectivity index (χ0v) is 12.7. The molecule has 20 heavy (non-hydrogen) atoms. The SMILES string of the molecule is CN(CC1(N(C)C)CCC1)C(=O)c1cc(F)cnc1Cl. The molecule has 1 amide bonds. The number of rotatable bonds is 4. The van der Waals surface area contributed by atoms with Gasteiger partial charge in [-0.25, -0.2) is 9.37 Å². The molecule has 1 aliphatic carbocycles. The number of likely N-dealkylation sites (N-methyl/N-ethyl adjacent to an activating group) is 2.